The van der Waals surface area contributed by atoms with Crippen molar-refractivity contribution < 1.29 is 14.0 Å². The second-order valence-electron chi connectivity index (χ2n) is 6.78. The highest BCUT2D eigenvalue weighted by Gasteiger charge is 2.31. The molecule has 25 heavy (non-hydrogen) atoms. The van der Waals surface area contributed by atoms with Crippen LogP contribution in [0.1, 0.15) is 44.1 Å². The summed E-state index contributed by atoms with van der Waals surface area (Å²) in [5.41, 5.74) is 1.48. The average Bonchev–Trinajstić information content (AvgIpc) is 3.13. The van der Waals surface area contributed by atoms with Crippen LogP contribution in [0.2, 0.25) is 0 Å². The molecule has 1 heterocycles. The molecule has 6 heteroatoms. The number of hydrazone groups is 1. The monoisotopic (exact) mass is 345 g/mol. The summed E-state index contributed by atoms with van der Waals surface area (Å²) in [5.74, 6) is -0.375. The summed E-state index contributed by atoms with van der Waals surface area (Å²) in [7, 11) is 1.59. The van der Waals surface area contributed by atoms with Crippen molar-refractivity contribution in [2.45, 2.75) is 51.0 Å². The predicted octanol–water partition coefficient (Wildman–Crippen LogP) is 2.75. The number of halogens is 1. The van der Waals surface area contributed by atoms with Crippen molar-refractivity contribution in [1.82, 2.24) is 9.91 Å². The fraction of sp³-hybridized carbons (Fsp3) is 0.526. The first-order valence-corrected chi connectivity index (χ1v) is 8.94. The maximum absolute atomic E-state index is 13.1. The number of carbonyl (C=O) groups excluding carboxylic acids is 2. The van der Waals surface area contributed by atoms with E-state index in [0.717, 1.165) is 31.2 Å². The third-order valence-electron chi connectivity index (χ3n) is 5.04. The van der Waals surface area contributed by atoms with E-state index in [0.29, 0.717) is 31.5 Å². The number of nitrogens with zero attached hydrogens (tertiary/aromatic N) is 3. The Morgan fingerprint density at radius 2 is 1.92 bits per heavy atom. The fourth-order valence-electron chi connectivity index (χ4n) is 3.56. The van der Waals surface area contributed by atoms with E-state index in [1.807, 2.05) is 4.90 Å². The van der Waals surface area contributed by atoms with Crippen LogP contribution in [0.15, 0.2) is 29.4 Å². The van der Waals surface area contributed by atoms with Crippen LogP contribution in [0.4, 0.5) is 4.39 Å². The molecular formula is C19H24FN3O2. The maximum Gasteiger partial charge on any atom is 0.270 e. The van der Waals surface area contributed by atoms with Crippen LogP contribution in [0.5, 0.6) is 0 Å². The number of amides is 2. The quantitative estimate of drug-likeness (QED) is 0.824. The van der Waals surface area contributed by atoms with Gasteiger partial charge in [0, 0.05) is 32.5 Å². The second-order valence-corrected chi connectivity index (χ2v) is 6.78. The smallest absolute Gasteiger partial charge is 0.270 e. The summed E-state index contributed by atoms with van der Waals surface area (Å²) in [6, 6.07) is 6.65. The van der Waals surface area contributed by atoms with Crippen molar-refractivity contribution in [2.75, 3.05) is 13.6 Å². The van der Waals surface area contributed by atoms with E-state index in [4.69, 9.17) is 0 Å². The van der Waals surface area contributed by atoms with Crippen molar-refractivity contribution >= 4 is 17.5 Å². The van der Waals surface area contributed by atoms with Gasteiger partial charge in [0.05, 0.1) is 0 Å². The average molecular weight is 345 g/mol. The minimum absolute atomic E-state index is 0.0599. The topological polar surface area (TPSA) is 53.0 Å². The number of hydrogen-bond acceptors (Lipinski definition) is 3. The highest BCUT2D eigenvalue weighted by Crippen LogP contribution is 2.25. The first-order chi connectivity index (χ1) is 12.0. The number of benzene rings is 1. The van der Waals surface area contributed by atoms with Gasteiger partial charge < -0.3 is 4.90 Å². The largest absolute Gasteiger partial charge is 0.334 e. The van der Waals surface area contributed by atoms with Gasteiger partial charge in [0.15, 0.2) is 0 Å². The molecule has 0 N–H and O–H groups in total. The summed E-state index contributed by atoms with van der Waals surface area (Å²) in [6.07, 6.45) is 5.71. The maximum atomic E-state index is 13.1. The van der Waals surface area contributed by atoms with Gasteiger partial charge in [-0.05, 0) is 37.0 Å². The van der Waals surface area contributed by atoms with Gasteiger partial charge in [-0.25, -0.2) is 9.40 Å². The normalized spacial score (nSPS) is 18.4. The SMILES string of the molecule is CN1N=C(C(=O)N(CCc2ccc(F)cc2)C2CCCC2)CCC1=O. The number of hydrogen-bond donors (Lipinski definition) is 0. The molecular weight excluding hydrogens is 321 g/mol. The van der Waals surface area contributed by atoms with Crippen molar-refractivity contribution in [1.29, 1.82) is 0 Å². The molecule has 0 unspecified atom stereocenters. The summed E-state index contributed by atoms with van der Waals surface area (Å²) >= 11 is 0. The second kappa shape index (κ2) is 7.76. The lowest BCUT2D eigenvalue weighted by Crippen LogP contribution is -2.46. The van der Waals surface area contributed by atoms with E-state index in [9.17, 15) is 14.0 Å². The first-order valence-electron chi connectivity index (χ1n) is 8.94. The molecule has 1 aromatic carbocycles. The molecule has 0 radical (unpaired) electrons. The van der Waals surface area contributed by atoms with Crippen molar-refractivity contribution in [2.24, 2.45) is 5.10 Å². The van der Waals surface area contributed by atoms with Gasteiger partial charge in [-0.3, -0.25) is 9.59 Å². The minimum atomic E-state index is -0.253. The van der Waals surface area contributed by atoms with Crippen molar-refractivity contribution in [3.8, 4) is 0 Å². The molecule has 2 amide bonds. The van der Waals surface area contributed by atoms with E-state index in [2.05, 4.69) is 5.10 Å². The molecule has 134 valence electrons. The molecule has 0 atom stereocenters. The van der Waals surface area contributed by atoms with E-state index >= 15 is 0 Å². The van der Waals surface area contributed by atoms with Crippen LogP contribution in [0, 0.1) is 5.82 Å². The van der Waals surface area contributed by atoms with Crippen LogP contribution in [0.25, 0.3) is 0 Å². The Balaban J connectivity index is 1.72. The zero-order valence-electron chi connectivity index (χ0n) is 14.6. The lowest BCUT2D eigenvalue weighted by molar-refractivity contribution is -0.131. The van der Waals surface area contributed by atoms with Gasteiger partial charge in [-0.2, -0.15) is 5.10 Å². The van der Waals surface area contributed by atoms with Crippen molar-refractivity contribution in [3.05, 3.63) is 35.6 Å². The molecule has 0 bridgehead atoms. The summed E-state index contributed by atoms with van der Waals surface area (Å²) in [6.45, 7) is 0.589. The van der Waals surface area contributed by atoms with Gasteiger partial charge in [0.25, 0.3) is 5.91 Å². The molecule has 0 saturated heterocycles. The lowest BCUT2D eigenvalue weighted by Gasteiger charge is -2.31. The highest BCUT2D eigenvalue weighted by molar-refractivity contribution is 6.39. The lowest BCUT2D eigenvalue weighted by atomic mass is 10.1. The Bertz CT molecular complexity index is 666. The summed E-state index contributed by atoms with van der Waals surface area (Å²) < 4.78 is 13.1. The third-order valence-corrected chi connectivity index (χ3v) is 5.04. The van der Waals surface area contributed by atoms with Gasteiger partial charge in [0.1, 0.15) is 11.5 Å². The zero-order chi connectivity index (χ0) is 17.8. The molecule has 1 fully saturated rings. The van der Waals surface area contributed by atoms with Gasteiger partial charge in [-0.15, -0.1) is 0 Å². The first kappa shape index (κ1) is 17.6. The van der Waals surface area contributed by atoms with Gasteiger partial charge in [0.2, 0.25) is 5.91 Å². The van der Waals surface area contributed by atoms with Crippen LogP contribution >= 0.6 is 0 Å². The van der Waals surface area contributed by atoms with Crippen LogP contribution in [-0.2, 0) is 16.0 Å². The molecule has 1 saturated carbocycles. The Kier molecular flexibility index (Phi) is 5.46. The molecule has 1 aliphatic carbocycles. The predicted molar refractivity (Wildman–Crippen MR) is 93.5 cm³/mol. The van der Waals surface area contributed by atoms with Crippen LogP contribution < -0.4 is 0 Å². The Labute approximate surface area is 147 Å². The van der Waals surface area contributed by atoms with Crippen LogP contribution in [-0.4, -0.2) is 47.1 Å². The van der Waals surface area contributed by atoms with Crippen molar-refractivity contribution in [3.63, 3.8) is 0 Å². The van der Waals surface area contributed by atoms with Crippen LogP contribution in [0.3, 0.4) is 0 Å². The number of carbonyl (C=O) groups is 2. The Hall–Kier alpha value is -2.24. The number of rotatable bonds is 5. The van der Waals surface area contributed by atoms with E-state index in [-0.39, 0.29) is 23.7 Å². The standard InChI is InChI=1S/C19H24FN3O2/c1-22-18(24)11-10-17(21-22)19(25)23(16-4-2-3-5-16)13-12-14-6-8-15(20)9-7-14/h6-9,16H,2-5,10-13H2,1H3. The fourth-order valence-corrected chi connectivity index (χ4v) is 3.56. The summed E-state index contributed by atoms with van der Waals surface area (Å²) in [5, 5.41) is 5.45. The molecule has 2 aliphatic rings. The third kappa shape index (κ3) is 4.24. The molecule has 3 rings (SSSR count). The van der Waals surface area contributed by atoms with E-state index < -0.39 is 0 Å². The molecule has 1 aliphatic heterocycles. The minimum Gasteiger partial charge on any atom is -0.334 e. The highest BCUT2D eigenvalue weighted by atomic mass is 19.1. The molecule has 0 spiro atoms. The summed E-state index contributed by atoms with van der Waals surface area (Å²) in [4.78, 5) is 26.5. The Morgan fingerprint density at radius 1 is 1.24 bits per heavy atom. The van der Waals surface area contributed by atoms with E-state index in [1.165, 1.54) is 17.1 Å². The van der Waals surface area contributed by atoms with E-state index in [1.54, 1.807) is 19.2 Å². The Morgan fingerprint density at radius 3 is 2.56 bits per heavy atom. The molecule has 5 nitrogen and oxygen atoms in total. The van der Waals surface area contributed by atoms with Gasteiger partial charge >= 0.3 is 0 Å². The molecule has 1 aromatic rings. The zero-order valence-corrected chi connectivity index (χ0v) is 14.6. The molecule has 0 aromatic heterocycles. The van der Waals surface area contributed by atoms with Gasteiger partial charge in [-0.1, -0.05) is 25.0 Å².